The predicted octanol–water partition coefficient (Wildman–Crippen LogP) is 2.90. The van der Waals surface area contributed by atoms with E-state index in [0.29, 0.717) is 10.8 Å². The second kappa shape index (κ2) is 6.16. The van der Waals surface area contributed by atoms with E-state index in [2.05, 4.69) is 25.5 Å². The minimum absolute atomic E-state index is 0.0257. The maximum atomic E-state index is 12.0. The summed E-state index contributed by atoms with van der Waals surface area (Å²) in [7, 11) is 0. The molecule has 0 unspecified atom stereocenters. The van der Waals surface area contributed by atoms with Crippen molar-refractivity contribution in [3.8, 4) is 0 Å². The fraction of sp³-hybridized carbons (Fsp3) is 0.375. The van der Waals surface area contributed by atoms with Crippen LogP contribution < -0.4 is 5.32 Å². The lowest BCUT2D eigenvalue weighted by Gasteiger charge is -2.24. The molecule has 1 aromatic carbocycles. The molecule has 0 bridgehead atoms. The first-order chi connectivity index (χ1) is 11.0. The number of H-pyrrole nitrogens is 1. The Morgan fingerprint density at radius 1 is 1.30 bits per heavy atom. The van der Waals surface area contributed by atoms with E-state index in [4.69, 9.17) is 0 Å². The van der Waals surface area contributed by atoms with Gasteiger partial charge in [0.1, 0.15) is 5.52 Å². The van der Waals surface area contributed by atoms with Crippen LogP contribution in [0.3, 0.4) is 0 Å². The molecule has 7 heteroatoms. The number of carbonyl (C=O) groups excluding carboxylic acids is 1. The van der Waals surface area contributed by atoms with Crippen LogP contribution in [0.4, 0.5) is 0 Å². The Morgan fingerprint density at radius 2 is 2.09 bits per heavy atom. The Bertz CT molecular complexity index is 858. The molecule has 0 saturated carbocycles. The molecular formula is C16H19N5OS. The minimum Gasteiger partial charge on any atom is -0.351 e. The van der Waals surface area contributed by atoms with Gasteiger partial charge >= 0.3 is 0 Å². The summed E-state index contributed by atoms with van der Waals surface area (Å²) in [6.45, 7) is 6.05. The molecule has 1 amide bonds. The van der Waals surface area contributed by atoms with Crippen LogP contribution in [0.2, 0.25) is 0 Å². The minimum atomic E-state index is -0.197. The summed E-state index contributed by atoms with van der Waals surface area (Å²) in [6.07, 6.45) is 0.877. The molecule has 6 nitrogen and oxygen atoms in total. The van der Waals surface area contributed by atoms with Gasteiger partial charge in [-0.1, -0.05) is 36.9 Å². The summed E-state index contributed by atoms with van der Waals surface area (Å²) in [5.41, 5.74) is 2.23. The van der Waals surface area contributed by atoms with E-state index in [1.807, 2.05) is 45.0 Å². The molecule has 0 saturated heterocycles. The number of amides is 1. The zero-order valence-electron chi connectivity index (χ0n) is 13.4. The van der Waals surface area contributed by atoms with E-state index in [1.54, 1.807) is 0 Å². The molecular weight excluding hydrogens is 310 g/mol. The molecule has 0 aliphatic heterocycles. The summed E-state index contributed by atoms with van der Waals surface area (Å²) in [5, 5.41) is 12.8. The van der Waals surface area contributed by atoms with E-state index in [1.165, 1.54) is 11.8 Å². The van der Waals surface area contributed by atoms with Crippen molar-refractivity contribution in [2.45, 2.75) is 37.9 Å². The van der Waals surface area contributed by atoms with Gasteiger partial charge < -0.3 is 10.3 Å². The van der Waals surface area contributed by atoms with Gasteiger partial charge in [-0.15, -0.1) is 10.2 Å². The summed E-state index contributed by atoms with van der Waals surface area (Å²) in [5.74, 6) is 0.249. The second-order valence-electron chi connectivity index (χ2n) is 6.04. The van der Waals surface area contributed by atoms with Crippen LogP contribution in [0.1, 0.15) is 27.2 Å². The van der Waals surface area contributed by atoms with Crippen LogP contribution in [-0.4, -0.2) is 37.4 Å². The van der Waals surface area contributed by atoms with Gasteiger partial charge in [0.05, 0.1) is 5.75 Å². The highest BCUT2D eigenvalue weighted by Crippen LogP contribution is 2.23. The standard InChI is InChI=1S/C16H19N5OS/c1-4-16(2,3)19-12(22)9-23-15-18-14-13(20-21-15)10-7-5-6-8-11(10)17-14/h5-8H,4,9H2,1-3H3,(H,19,22)(H,17,18,21). The predicted molar refractivity (Wildman–Crippen MR) is 92.4 cm³/mol. The van der Waals surface area contributed by atoms with Crippen LogP contribution in [0, 0.1) is 0 Å². The lowest BCUT2D eigenvalue weighted by atomic mass is 10.0. The summed E-state index contributed by atoms with van der Waals surface area (Å²) >= 11 is 1.29. The van der Waals surface area contributed by atoms with Gasteiger partial charge in [-0.05, 0) is 26.3 Å². The normalized spacial score (nSPS) is 12.0. The Kier molecular flexibility index (Phi) is 4.21. The van der Waals surface area contributed by atoms with Gasteiger partial charge in [-0.25, -0.2) is 4.98 Å². The first-order valence-corrected chi connectivity index (χ1v) is 8.52. The Hall–Kier alpha value is -2.15. The van der Waals surface area contributed by atoms with Gasteiger partial charge in [-0.3, -0.25) is 4.79 Å². The molecule has 2 heterocycles. The molecule has 2 N–H and O–H groups in total. The fourth-order valence-corrected chi connectivity index (χ4v) is 2.79. The maximum absolute atomic E-state index is 12.0. The highest BCUT2D eigenvalue weighted by molar-refractivity contribution is 7.99. The highest BCUT2D eigenvalue weighted by Gasteiger charge is 2.18. The Balaban J connectivity index is 1.74. The van der Waals surface area contributed by atoms with Crippen molar-refractivity contribution >= 4 is 39.7 Å². The zero-order chi connectivity index (χ0) is 16.4. The summed E-state index contributed by atoms with van der Waals surface area (Å²) in [4.78, 5) is 19.7. The van der Waals surface area contributed by atoms with Crippen LogP contribution in [0.15, 0.2) is 29.4 Å². The van der Waals surface area contributed by atoms with E-state index >= 15 is 0 Å². The van der Waals surface area contributed by atoms with Crippen LogP contribution in [-0.2, 0) is 4.79 Å². The zero-order valence-corrected chi connectivity index (χ0v) is 14.2. The van der Waals surface area contributed by atoms with E-state index in [9.17, 15) is 4.79 Å². The SMILES string of the molecule is CCC(C)(C)NC(=O)CSc1nnc2c(n1)[nH]c1ccccc12. The Labute approximate surface area is 138 Å². The largest absolute Gasteiger partial charge is 0.351 e. The summed E-state index contributed by atoms with van der Waals surface area (Å²) in [6, 6.07) is 7.88. The number of hydrogen-bond acceptors (Lipinski definition) is 5. The van der Waals surface area contributed by atoms with Gasteiger partial charge in [-0.2, -0.15) is 0 Å². The van der Waals surface area contributed by atoms with E-state index in [0.717, 1.165) is 22.8 Å². The number of nitrogens with one attached hydrogen (secondary N) is 2. The number of para-hydroxylation sites is 1. The van der Waals surface area contributed by atoms with Crippen molar-refractivity contribution in [3.63, 3.8) is 0 Å². The number of fused-ring (bicyclic) bond motifs is 3. The number of nitrogens with zero attached hydrogens (tertiary/aromatic N) is 3. The van der Waals surface area contributed by atoms with Crippen molar-refractivity contribution in [3.05, 3.63) is 24.3 Å². The third-order valence-corrected chi connectivity index (χ3v) is 4.63. The van der Waals surface area contributed by atoms with Gasteiger partial charge in [0.25, 0.3) is 0 Å². The van der Waals surface area contributed by atoms with E-state index < -0.39 is 0 Å². The smallest absolute Gasteiger partial charge is 0.230 e. The molecule has 2 aromatic heterocycles. The van der Waals surface area contributed by atoms with Gasteiger partial charge in [0, 0.05) is 16.4 Å². The molecule has 0 aliphatic carbocycles. The quantitative estimate of drug-likeness (QED) is 0.703. The maximum Gasteiger partial charge on any atom is 0.230 e. The van der Waals surface area contributed by atoms with Gasteiger partial charge in [0.15, 0.2) is 5.65 Å². The molecule has 120 valence electrons. The number of aromatic nitrogens is 4. The highest BCUT2D eigenvalue weighted by atomic mass is 32.2. The van der Waals surface area contributed by atoms with E-state index in [-0.39, 0.29) is 17.2 Å². The van der Waals surface area contributed by atoms with Crippen LogP contribution in [0.5, 0.6) is 0 Å². The van der Waals surface area contributed by atoms with Crippen molar-refractivity contribution in [1.82, 2.24) is 25.5 Å². The molecule has 0 radical (unpaired) electrons. The van der Waals surface area contributed by atoms with Crippen LogP contribution >= 0.6 is 11.8 Å². The first-order valence-electron chi connectivity index (χ1n) is 7.53. The average molecular weight is 329 g/mol. The fourth-order valence-electron chi connectivity index (χ4n) is 2.20. The number of carbonyl (C=O) groups is 1. The van der Waals surface area contributed by atoms with Crippen molar-refractivity contribution < 1.29 is 4.79 Å². The lowest BCUT2D eigenvalue weighted by Crippen LogP contribution is -2.43. The number of aromatic amines is 1. The third kappa shape index (κ3) is 3.44. The third-order valence-electron chi connectivity index (χ3n) is 3.80. The van der Waals surface area contributed by atoms with Crippen molar-refractivity contribution in [1.29, 1.82) is 0 Å². The lowest BCUT2D eigenvalue weighted by molar-refractivity contribution is -0.120. The average Bonchev–Trinajstić information content (AvgIpc) is 2.90. The number of hydrogen-bond donors (Lipinski definition) is 2. The van der Waals surface area contributed by atoms with Crippen molar-refractivity contribution in [2.24, 2.45) is 0 Å². The monoisotopic (exact) mass is 329 g/mol. The molecule has 23 heavy (non-hydrogen) atoms. The summed E-state index contributed by atoms with van der Waals surface area (Å²) < 4.78 is 0. The van der Waals surface area contributed by atoms with Crippen molar-refractivity contribution in [2.75, 3.05) is 5.75 Å². The molecule has 0 atom stereocenters. The Morgan fingerprint density at radius 3 is 2.87 bits per heavy atom. The topological polar surface area (TPSA) is 83.6 Å². The number of benzene rings is 1. The van der Waals surface area contributed by atoms with Gasteiger partial charge in [0.2, 0.25) is 11.1 Å². The molecule has 0 aliphatic rings. The molecule has 0 fully saturated rings. The van der Waals surface area contributed by atoms with Crippen LogP contribution in [0.25, 0.3) is 22.1 Å². The second-order valence-corrected chi connectivity index (χ2v) is 6.98. The molecule has 3 aromatic rings. The number of rotatable bonds is 5. The first kappa shape index (κ1) is 15.7. The molecule has 3 rings (SSSR count). The molecule has 0 spiro atoms. The number of thioether (sulfide) groups is 1.